The summed E-state index contributed by atoms with van der Waals surface area (Å²) in [5, 5.41) is 5.26. The van der Waals surface area contributed by atoms with Crippen molar-refractivity contribution in [3.8, 4) is 0 Å². The van der Waals surface area contributed by atoms with E-state index in [-0.39, 0.29) is 5.91 Å². The van der Waals surface area contributed by atoms with E-state index in [1.165, 1.54) is 4.68 Å². The van der Waals surface area contributed by atoms with Gasteiger partial charge in [-0.3, -0.25) is 20.4 Å². The smallest absolute Gasteiger partial charge is 0.270 e. The molecule has 7 heteroatoms. The summed E-state index contributed by atoms with van der Waals surface area (Å²) in [7, 11) is 0. The first-order valence-electron chi connectivity index (χ1n) is 4.44. The number of nitrogens with one attached hydrogen (secondary N) is 3. The maximum atomic E-state index is 11.8. The molecule has 0 saturated carbocycles. The standard InChI is InChI=1S/C9H8N4OS2/c14-7(6-4-2-1-3-5-6)12-13-8(15)10-11-9(13)16/h1-5H,(H,10,15)(H,11,16)(H,12,14). The van der Waals surface area contributed by atoms with Gasteiger partial charge in [-0.25, -0.2) is 0 Å². The van der Waals surface area contributed by atoms with Crippen molar-refractivity contribution in [2.45, 2.75) is 0 Å². The summed E-state index contributed by atoms with van der Waals surface area (Å²) in [5.41, 5.74) is 3.12. The first-order valence-corrected chi connectivity index (χ1v) is 5.26. The molecule has 0 saturated heterocycles. The van der Waals surface area contributed by atoms with Crippen molar-refractivity contribution in [1.82, 2.24) is 14.9 Å². The van der Waals surface area contributed by atoms with E-state index in [1.807, 2.05) is 6.07 Å². The zero-order valence-electron chi connectivity index (χ0n) is 8.06. The highest BCUT2D eigenvalue weighted by atomic mass is 32.1. The maximum Gasteiger partial charge on any atom is 0.270 e. The molecular formula is C9H8N4OS2. The topological polar surface area (TPSA) is 65.6 Å². The third-order valence-electron chi connectivity index (χ3n) is 1.93. The van der Waals surface area contributed by atoms with E-state index in [9.17, 15) is 4.79 Å². The Balaban J connectivity index is 2.28. The molecule has 2 aromatic rings. The SMILES string of the molecule is O=C(Nn1c(=S)[nH][nH]c1=S)c1ccccc1. The van der Waals surface area contributed by atoms with Crippen LogP contribution in [-0.4, -0.2) is 20.8 Å². The molecule has 2 rings (SSSR count). The van der Waals surface area contributed by atoms with Crippen molar-refractivity contribution in [1.29, 1.82) is 0 Å². The number of aromatic amines is 2. The lowest BCUT2D eigenvalue weighted by Crippen LogP contribution is -2.23. The Morgan fingerprint density at radius 1 is 1.12 bits per heavy atom. The largest absolute Gasteiger partial charge is 0.273 e. The fourth-order valence-electron chi connectivity index (χ4n) is 1.17. The van der Waals surface area contributed by atoms with Crippen molar-refractivity contribution >= 4 is 30.3 Å². The second-order valence-corrected chi connectivity index (χ2v) is 3.78. The number of nitrogens with zero attached hydrogens (tertiary/aromatic N) is 1. The third kappa shape index (κ3) is 2.10. The first kappa shape index (κ1) is 10.8. The molecule has 0 spiro atoms. The molecule has 0 aliphatic rings. The number of carbonyl (C=O) groups is 1. The van der Waals surface area contributed by atoms with Crippen LogP contribution in [0.25, 0.3) is 0 Å². The molecular weight excluding hydrogens is 244 g/mol. The molecule has 16 heavy (non-hydrogen) atoms. The Labute approximate surface area is 101 Å². The molecule has 1 amide bonds. The number of carbonyl (C=O) groups excluding carboxylic acids is 1. The summed E-state index contributed by atoms with van der Waals surface area (Å²) < 4.78 is 1.93. The van der Waals surface area contributed by atoms with Gasteiger partial charge in [0.1, 0.15) is 0 Å². The lowest BCUT2D eigenvalue weighted by molar-refractivity contribution is 0.101. The summed E-state index contributed by atoms with van der Waals surface area (Å²) in [4.78, 5) is 11.8. The number of benzene rings is 1. The van der Waals surface area contributed by atoms with E-state index in [0.29, 0.717) is 15.1 Å². The highest BCUT2D eigenvalue weighted by Gasteiger charge is 2.06. The normalized spacial score (nSPS) is 10.0. The van der Waals surface area contributed by atoms with Gasteiger partial charge in [-0.2, -0.15) is 4.68 Å². The van der Waals surface area contributed by atoms with Crippen LogP contribution in [0.1, 0.15) is 10.4 Å². The van der Waals surface area contributed by atoms with Crippen molar-refractivity contribution < 1.29 is 4.79 Å². The van der Waals surface area contributed by atoms with Crippen LogP contribution in [0.3, 0.4) is 0 Å². The van der Waals surface area contributed by atoms with E-state index in [2.05, 4.69) is 15.6 Å². The predicted molar refractivity (Wildman–Crippen MR) is 64.9 cm³/mol. The summed E-state index contributed by atoms with van der Waals surface area (Å²) in [6, 6.07) is 8.82. The van der Waals surface area contributed by atoms with E-state index in [4.69, 9.17) is 24.4 Å². The van der Waals surface area contributed by atoms with Gasteiger partial charge in [-0.15, -0.1) is 0 Å². The van der Waals surface area contributed by atoms with Crippen LogP contribution in [0.5, 0.6) is 0 Å². The van der Waals surface area contributed by atoms with Crippen LogP contribution < -0.4 is 5.43 Å². The number of aromatic nitrogens is 3. The van der Waals surface area contributed by atoms with Crippen LogP contribution in [-0.2, 0) is 0 Å². The van der Waals surface area contributed by atoms with Gasteiger partial charge in [-0.1, -0.05) is 18.2 Å². The number of hydrogen-bond donors (Lipinski definition) is 3. The number of rotatable bonds is 2. The van der Waals surface area contributed by atoms with Crippen molar-refractivity contribution in [3.63, 3.8) is 0 Å². The Bertz CT molecular complexity index is 583. The molecule has 5 nitrogen and oxygen atoms in total. The van der Waals surface area contributed by atoms with Crippen LogP contribution in [0.2, 0.25) is 0 Å². The fraction of sp³-hybridized carbons (Fsp3) is 0. The minimum Gasteiger partial charge on any atom is -0.273 e. The third-order valence-corrected chi connectivity index (χ3v) is 2.50. The fourth-order valence-corrected chi connectivity index (χ4v) is 1.60. The number of H-pyrrole nitrogens is 2. The lowest BCUT2D eigenvalue weighted by atomic mass is 10.2. The highest BCUT2D eigenvalue weighted by Crippen LogP contribution is 1.99. The molecule has 0 aliphatic carbocycles. The van der Waals surface area contributed by atoms with Crippen molar-refractivity contribution in [3.05, 3.63) is 45.4 Å². The Kier molecular flexibility index (Phi) is 2.97. The maximum absolute atomic E-state index is 11.8. The minimum absolute atomic E-state index is 0.268. The summed E-state index contributed by atoms with van der Waals surface area (Å²) in [6.45, 7) is 0. The molecule has 0 fully saturated rings. The van der Waals surface area contributed by atoms with Crippen molar-refractivity contribution in [2.24, 2.45) is 0 Å². The van der Waals surface area contributed by atoms with Gasteiger partial charge in [0.2, 0.25) is 9.54 Å². The Morgan fingerprint density at radius 2 is 1.69 bits per heavy atom. The Hall–Kier alpha value is -1.73. The van der Waals surface area contributed by atoms with Gasteiger partial charge in [0.05, 0.1) is 0 Å². The molecule has 0 radical (unpaired) electrons. The number of amides is 1. The molecule has 0 bridgehead atoms. The van der Waals surface area contributed by atoms with Crippen molar-refractivity contribution in [2.75, 3.05) is 5.43 Å². The second kappa shape index (κ2) is 4.42. The van der Waals surface area contributed by atoms with Gasteiger partial charge in [0.25, 0.3) is 5.91 Å². The quantitative estimate of drug-likeness (QED) is 0.716. The molecule has 1 aromatic heterocycles. The van der Waals surface area contributed by atoms with Crippen LogP contribution in [0.4, 0.5) is 0 Å². The molecule has 1 aromatic carbocycles. The van der Waals surface area contributed by atoms with Gasteiger partial charge in [-0.05, 0) is 36.6 Å². The minimum atomic E-state index is -0.268. The van der Waals surface area contributed by atoms with Crippen LogP contribution >= 0.6 is 24.4 Å². The van der Waals surface area contributed by atoms with E-state index in [0.717, 1.165) is 0 Å². The summed E-state index contributed by atoms with van der Waals surface area (Å²) >= 11 is 9.87. The summed E-state index contributed by atoms with van der Waals surface area (Å²) in [5.74, 6) is -0.268. The van der Waals surface area contributed by atoms with E-state index >= 15 is 0 Å². The van der Waals surface area contributed by atoms with Gasteiger partial charge >= 0.3 is 0 Å². The molecule has 82 valence electrons. The summed E-state index contributed by atoms with van der Waals surface area (Å²) in [6.07, 6.45) is 0. The highest BCUT2D eigenvalue weighted by molar-refractivity contribution is 7.72. The monoisotopic (exact) mass is 252 g/mol. The molecule has 0 unspecified atom stereocenters. The zero-order chi connectivity index (χ0) is 11.5. The first-order chi connectivity index (χ1) is 7.68. The Morgan fingerprint density at radius 3 is 2.25 bits per heavy atom. The molecule has 1 heterocycles. The van der Waals surface area contributed by atoms with E-state index < -0.39 is 0 Å². The lowest BCUT2D eigenvalue weighted by Gasteiger charge is -2.04. The molecule has 0 aliphatic heterocycles. The molecule has 3 N–H and O–H groups in total. The van der Waals surface area contributed by atoms with Gasteiger partial charge < -0.3 is 0 Å². The van der Waals surface area contributed by atoms with Gasteiger partial charge in [0.15, 0.2) is 0 Å². The van der Waals surface area contributed by atoms with Crippen LogP contribution in [0.15, 0.2) is 30.3 Å². The van der Waals surface area contributed by atoms with E-state index in [1.54, 1.807) is 24.3 Å². The number of hydrogen-bond acceptors (Lipinski definition) is 3. The second-order valence-electron chi connectivity index (χ2n) is 3.00. The average molecular weight is 252 g/mol. The van der Waals surface area contributed by atoms with Gasteiger partial charge in [0, 0.05) is 5.56 Å². The predicted octanol–water partition coefficient (Wildman–Crippen LogP) is 1.99. The zero-order valence-corrected chi connectivity index (χ0v) is 9.69. The average Bonchev–Trinajstić information content (AvgIpc) is 2.62. The van der Waals surface area contributed by atoms with Crippen LogP contribution in [0, 0.1) is 9.54 Å². The molecule has 0 atom stereocenters.